The number of alkyl halides is 1. The smallest absolute Gasteiger partial charge is 0.164 e. The molecule has 0 aliphatic carbocycles. The van der Waals surface area contributed by atoms with Crippen molar-refractivity contribution in [3.8, 4) is 0 Å². The van der Waals surface area contributed by atoms with Crippen LogP contribution in [-0.2, 0) is 25.4 Å². The van der Waals surface area contributed by atoms with E-state index in [9.17, 15) is 14.6 Å². The van der Waals surface area contributed by atoms with Crippen molar-refractivity contribution in [1.82, 2.24) is 9.97 Å². The van der Waals surface area contributed by atoms with Crippen LogP contribution in [0.4, 0.5) is 4.39 Å². The van der Waals surface area contributed by atoms with Crippen molar-refractivity contribution in [2.75, 3.05) is 13.3 Å². The number of nitrogens with zero attached hydrogens (tertiary/aromatic N) is 2. The quantitative estimate of drug-likeness (QED) is 0.748. The molecule has 0 unspecified atom stereocenters. The second kappa shape index (κ2) is 7.65. The first-order valence-electron chi connectivity index (χ1n) is 9.01. The second-order valence-electron chi connectivity index (χ2n) is 7.77. The van der Waals surface area contributed by atoms with Gasteiger partial charge < -0.3 is 29.2 Å². The van der Waals surface area contributed by atoms with Gasteiger partial charge in [0.25, 0.3) is 0 Å². The Kier molecular flexibility index (Phi) is 5.81. The maximum atomic E-state index is 12.9. The highest BCUT2D eigenvalue weighted by molar-refractivity contribution is 5.11. The molecule has 0 bridgehead atoms. The van der Waals surface area contributed by atoms with Gasteiger partial charge in [-0.15, -0.1) is 0 Å². The molecule has 0 aromatic carbocycles. The summed E-state index contributed by atoms with van der Waals surface area (Å²) in [6.45, 7) is 5.88. The summed E-state index contributed by atoms with van der Waals surface area (Å²) in [5.41, 5.74) is 1.11. The van der Waals surface area contributed by atoms with Gasteiger partial charge in [0.05, 0.1) is 30.3 Å². The molecular formula is C18H27FN2O6. The Bertz CT molecular complexity index is 641. The molecule has 1 aromatic heterocycles. The lowest BCUT2D eigenvalue weighted by molar-refractivity contribution is -0.156. The lowest BCUT2D eigenvalue weighted by atomic mass is 10.1. The Balaban J connectivity index is 1.71. The summed E-state index contributed by atoms with van der Waals surface area (Å²) in [6.07, 6.45) is -0.141. The predicted molar refractivity (Wildman–Crippen MR) is 91.4 cm³/mol. The normalized spacial score (nSPS) is 33.3. The van der Waals surface area contributed by atoms with Crippen LogP contribution in [0.5, 0.6) is 0 Å². The topological polar surface area (TPSA) is 103 Å². The van der Waals surface area contributed by atoms with Gasteiger partial charge in [0.15, 0.2) is 11.6 Å². The average Bonchev–Trinajstić information content (AvgIpc) is 3.09. The molecule has 27 heavy (non-hydrogen) atoms. The third kappa shape index (κ3) is 4.61. The molecule has 0 radical (unpaired) electrons. The maximum absolute atomic E-state index is 12.9. The highest BCUT2D eigenvalue weighted by Gasteiger charge is 2.46. The van der Waals surface area contributed by atoms with E-state index >= 15 is 0 Å². The summed E-state index contributed by atoms with van der Waals surface area (Å²) in [7, 11) is 0. The molecule has 2 aliphatic heterocycles. The Morgan fingerprint density at radius 1 is 1.04 bits per heavy atom. The molecule has 9 heteroatoms. The van der Waals surface area contributed by atoms with Crippen molar-refractivity contribution >= 4 is 0 Å². The van der Waals surface area contributed by atoms with Gasteiger partial charge in [-0.3, -0.25) is 9.97 Å². The summed E-state index contributed by atoms with van der Waals surface area (Å²) in [5, 5.41) is 19.4. The number of rotatable bonds is 6. The first kappa shape index (κ1) is 20.5. The fraction of sp³-hybridized carbons (Fsp3) is 0.778. The van der Waals surface area contributed by atoms with Crippen LogP contribution >= 0.6 is 0 Å². The molecule has 2 N–H and O–H groups in total. The minimum absolute atomic E-state index is 0.148. The van der Waals surface area contributed by atoms with Crippen LogP contribution < -0.4 is 0 Å². The fourth-order valence-corrected chi connectivity index (χ4v) is 3.45. The van der Waals surface area contributed by atoms with Crippen molar-refractivity contribution in [2.45, 2.75) is 76.2 Å². The molecule has 0 saturated carbocycles. The number of ether oxygens (including phenoxy) is 4. The molecule has 152 valence electrons. The van der Waals surface area contributed by atoms with Gasteiger partial charge in [-0.1, -0.05) is 0 Å². The van der Waals surface area contributed by atoms with Crippen molar-refractivity contribution in [2.24, 2.45) is 0 Å². The van der Waals surface area contributed by atoms with Gasteiger partial charge in [-0.25, -0.2) is 4.39 Å². The molecule has 2 saturated heterocycles. The van der Waals surface area contributed by atoms with Crippen LogP contribution in [0.1, 0.15) is 45.2 Å². The van der Waals surface area contributed by atoms with Crippen molar-refractivity contribution in [1.29, 1.82) is 0 Å². The molecule has 8 nitrogen and oxygen atoms in total. The van der Waals surface area contributed by atoms with Gasteiger partial charge in [0, 0.05) is 12.6 Å². The molecule has 5 atom stereocenters. The van der Waals surface area contributed by atoms with E-state index in [0.29, 0.717) is 17.8 Å². The predicted octanol–water partition coefficient (Wildman–Crippen LogP) is 1.05. The molecule has 0 amide bonds. The molecule has 1 aromatic rings. The average molecular weight is 386 g/mol. The molecule has 3 heterocycles. The van der Waals surface area contributed by atoms with Crippen molar-refractivity contribution < 1.29 is 33.6 Å². The third-order valence-electron chi connectivity index (χ3n) is 4.56. The Morgan fingerprint density at radius 3 is 2.30 bits per heavy atom. The summed E-state index contributed by atoms with van der Waals surface area (Å²) in [5.74, 6) is -1.72. The first-order chi connectivity index (χ1) is 12.6. The maximum Gasteiger partial charge on any atom is 0.164 e. The van der Waals surface area contributed by atoms with Crippen molar-refractivity contribution in [3.63, 3.8) is 0 Å². The van der Waals surface area contributed by atoms with Crippen LogP contribution in [0.2, 0.25) is 0 Å². The number of aliphatic hydroxyl groups excluding tert-OH is 2. The number of hydrogen-bond donors (Lipinski definition) is 2. The van der Waals surface area contributed by atoms with E-state index in [0.717, 1.165) is 0 Å². The SMILES string of the molecule is CC1(C)O[C@H]([C@H](O)CF)[C@@H](c2cnc(C[C@@H]3OC(C)(C)O[C@@H]3CO)cn2)O1. The summed E-state index contributed by atoms with van der Waals surface area (Å²) in [4.78, 5) is 8.74. The van der Waals surface area contributed by atoms with E-state index in [4.69, 9.17) is 18.9 Å². The van der Waals surface area contributed by atoms with Gasteiger partial charge >= 0.3 is 0 Å². The van der Waals surface area contributed by atoms with Gasteiger partial charge in [-0.2, -0.15) is 0 Å². The lowest BCUT2D eigenvalue weighted by Crippen LogP contribution is -2.33. The number of aromatic nitrogens is 2. The van der Waals surface area contributed by atoms with E-state index in [1.807, 2.05) is 0 Å². The van der Waals surface area contributed by atoms with Crippen LogP contribution in [-0.4, -0.2) is 69.5 Å². The monoisotopic (exact) mass is 386 g/mol. The summed E-state index contributed by atoms with van der Waals surface area (Å²) >= 11 is 0. The lowest BCUT2D eigenvalue weighted by Gasteiger charge is -2.20. The molecule has 0 spiro atoms. The number of halogens is 1. The van der Waals surface area contributed by atoms with E-state index in [1.165, 1.54) is 6.20 Å². The van der Waals surface area contributed by atoms with E-state index in [1.54, 1.807) is 33.9 Å². The van der Waals surface area contributed by atoms with Crippen LogP contribution in [0.15, 0.2) is 12.4 Å². The van der Waals surface area contributed by atoms with E-state index < -0.39 is 42.7 Å². The largest absolute Gasteiger partial charge is 0.394 e. The molecule has 2 aliphatic rings. The Morgan fingerprint density at radius 2 is 1.70 bits per heavy atom. The zero-order valence-electron chi connectivity index (χ0n) is 16.0. The van der Waals surface area contributed by atoms with Crippen molar-refractivity contribution in [3.05, 3.63) is 23.8 Å². The fourth-order valence-electron chi connectivity index (χ4n) is 3.45. The van der Waals surface area contributed by atoms with Crippen LogP contribution in [0.25, 0.3) is 0 Å². The first-order valence-corrected chi connectivity index (χ1v) is 9.01. The molecular weight excluding hydrogens is 359 g/mol. The highest BCUT2D eigenvalue weighted by atomic mass is 19.1. The Labute approximate surface area is 157 Å². The summed E-state index contributed by atoms with van der Waals surface area (Å²) in [6, 6.07) is 0. The highest BCUT2D eigenvalue weighted by Crippen LogP contribution is 2.39. The Hall–Kier alpha value is -1.23. The van der Waals surface area contributed by atoms with Crippen LogP contribution in [0.3, 0.4) is 0 Å². The van der Waals surface area contributed by atoms with Gasteiger partial charge in [-0.05, 0) is 27.7 Å². The zero-order chi connectivity index (χ0) is 19.8. The minimum atomic E-state index is -1.31. The molecule has 2 fully saturated rings. The van der Waals surface area contributed by atoms with Gasteiger partial charge in [0.2, 0.25) is 0 Å². The van der Waals surface area contributed by atoms with Gasteiger partial charge in [0.1, 0.15) is 31.1 Å². The number of aliphatic hydroxyl groups is 2. The number of hydrogen-bond acceptors (Lipinski definition) is 8. The standard InChI is InChI=1S/C18H27FN2O6/c1-17(2)24-13(14(9-22)25-17)5-10-7-21-11(8-20-10)15-16(12(23)6-19)27-18(3,4)26-15/h7-8,12-16,22-23H,5-6,9H2,1-4H3/t12-,13+,14-,15-,16-/m1/s1. The summed E-state index contributed by atoms with van der Waals surface area (Å²) < 4.78 is 35.8. The van der Waals surface area contributed by atoms with Crippen LogP contribution in [0, 0.1) is 0 Å². The zero-order valence-corrected chi connectivity index (χ0v) is 16.0. The minimum Gasteiger partial charge on any atom is -0.394 e. The third-order valence-corrected chi connectivity index (χ3v) is 4.56. The van der Waals surface area contributed by atoms with E-state index in [-0.39, 0.29) is 12.7 Å². The second-order valence-corrected chi connectivity index (χ2v) is 7.77. The molecule has 3 rings (SSSR count). The van der Waals surface area contributed by atoms with E-state index in [2.05, 4.69) is 9.97 Å².